The average Bonchev–Trinajstić information content (AvgIpc) is 2.57. The van der Waals surface area contributed by atoms with Crippen molar-refractivity contribution >= 4 is 11.6 Å². The summed E-state index contributed by atoms with van der Waals surface area (Å²) in [5.74, 6) is 1.47. The Morgan fingerprint density at radius 2 is 2.25 bits per heavy atom. The van der Waals surface area contributed by atoms with Crippen molar-refractivity contribution in [3.8, 4) is 0 Å². The topological polar surface area (TPSA) is 57.2 Å². The average molecular weight is 330 g/mol. The number of piperidine rings is 1. The molecule has 1 aliphatic heterocycles. The molecule has 1 saturated heterocycles. The van der Waals surface area contributed by atoms with Crippen molar-refractivity contribution in [2.24, 2.45) is 0 Å². The first kappa shape index (κ1) is 16.6. The van der Waals surface area contributed by atoms with Crippen molar-refractivity contribution in [3.05, 3.63) is 42.2 Å². The highest BCUT2D eigenvalue weighted by Gasteiger charge is 2.21. The summed E-state index contributed by atoms with van der Waals surface area (Å²) in [5, 5.41) is 3.48. The van der Waals surface area contributed by atoms with E-state index in [0.717, 1.165) is 37.6 Å². The van der Waals surface area contributed by atoms with Gasteiger partial charge < -0.3 is 10.2 Å². The van der Waals surface area contributed by atoms with Gasteiger partial charge in [0.05, 0.1) is 6.20 Å². The third-order valence-corrected chi connectivity index (χ3v) is 4.22. The van der Waals surface area contributed by atoms with Crippen LogP contribution in [0.5, 0.6) is 0 Å². The highest BCUT2D eigenvalue weighted by molar-refractivity contribution is 5.47. The Bertz CT molecular complexity index is 678. The van der Waals surface area contributed by atoms with Gasteiger partial charge in [-0.25, -0.2) is 14.4 Å². The van der Waals surface area contributed by atoms with Gasteiger partial charge in [0.2, 0.25) is 0 Å². The molecule has 2 aromatic heterocycles. The highest BCUT2D eigenvalue weighted by atomic mass is 19.1. The molecule has 0 spiro atoms. The number of aromatic nitrogens is 3. The number of anilines is 2. The van der Waals surface area contributed by atoms with E-state index in [4.69, 9.17) is 0 Å². The summed E-state index contributed by atoms with van der Waals surface area (Å²) in [4.78, 5) is 16.6. The molecule has 1 aliphatic rings. The van der Waals surface area contributed by atoms with Crippen LogP contribution in [0.3, 0.4) is 0 Å². The van der Waals surface area contributed by atoms with Gasteiger partial charge in [0.25, 0.3) is 0 Å². The number of hydrogen-bond acceptors (Lipinski definition) is 6. The van der Waals surface area contributed by atoms with Crippen LogP contribution in [-0.2, 0) is 6.54 Å². The van der Waals surface area contributed by atoms with E-state index < -0.39 is 0 Å². The maximum absolute atomic E-state index is 13.8. The van der Waals surface area contributed by atoms with Crippen LogP contribution in [0.1, 0.15) is 18.4 Å². The fourth-order valence-corrected chi connectivity index (χ4v) is 2.97. The molecule has 0 saturated carbocycles. The molecular weight excluding hydrogens is 307 g/mol. The van der Waals surface area contributed by atoms with Crippen molar-refractivity contribution in [2.45, 2.75) is 25.4 Å². The molecule has 1 N–H and O–H groups in total. The van der Waals surface area contributed by atoms with E-state index in [-0.39, 0.29) is 5.82 Å². The van der Waals surface area contributed by atoms with Gasteiger partial charge in [0.1, 0.15) is 23.8 Å². The minimum atomic E-state index is -0.237. The minimum Gasteiger partial charge on any atom is -0.366 e. The lowest BCUT2D eigenvalue weighted by atomic mass is 10.0. The van der Waals surface area contributed by atoms with Crippen LogP contribution in [0.4, 0.5) is 16.0 Å². The lowest BCUT2D eigenvalue weighted by Gasteiger charge is -2.33. The molecule has 1 unspecified atom stereocenters. The lowest BCUT2D eigenvalue weighted by Crippen LogP contribution is -2.41. The number of halogens is 1. The Morgan fingerprint density at radius 1 is 1.38 bits per heavy atom. The number of pyridine rings is 1. The zero-order valence-electron chi connectivity index (χ0n) is 14.1. The van der Waals surface area contributed by atoms with Crippen molar-refractivity contribution in [3.63, 3.8) is 0 Å². The quantitative estimate of drug-likeness (QED) is 0.907. The molecule has 0 aliphatic carbocycles. The molecule has 24 heavy (non-hydrogen) atoms. The SMILES string of the molecule is CN(C)c1cc(NC2CCCN(Cc3ccncc3F)C2)ncn1. The maximum atomic E-state index is 13.8. The fourth-order valence-electron chi connectivity index (χ4n) is 2.97. The van der Waals surface area contributed by atoms with Crippen LogP contribution in [0.15, 0.2) is 30.9 Å². The molecule has 0 amide bonds. The molecule has 7 heteroatoms. The summed E-state index contributed by atoms with van der Waals surface area (Å²) in [6, 6.07) is 4.00. The fraction of sp³-hybridized carbons (Fsp3) is 0.471. The number of nitrogens with one attached hydrogen (secondary N) is 1. The van der Waals surface area contributed by atoms with Gasteiger partial charge in [-0.15, -0.1) is 0 Å². The Morgan fingerprint density at radius 3 is 3.04 bits per heavy atom. The van der Waals surface area contributed by atoms with Gasteiger partial charge >= 0.3 is 0 Å². The second-order valence-corrected chi connectivity index (χ2v) is 6.34. The van der Waals surface area contributed by atoms with E-state index in [2.05, 4.69) is 25.2 Å². The summed E-state index contributed by atoms with van der Waals surface area (Å²) >= 11 is 0. The number of hydrogen-bond donors (Lipinski definition) is 1. The molecule has 1 fully saturated rings. The third kappa shape index (κ3) is 4.17. The molecule has 0 aromatic carbocycles. The van der Waals surface area contributed by atoms with Crippen LogP contribution >= 0.6 is 0 Å². The van der Waals surface area contributed by atoms with Gasteiger partial charge in [-0.05, 0) is 25.5 Å². The normalized spacial score (nSPS) is 18.4. The molecule has 3 rings (SSSR count). The molecular formula is C17H23FN6. The standard InChI is InChI=1S/C17H23FN6/c1-23(2)17-8-16(20-12-21-17)22-14-4-3-7-24(11-14)10-13-5-6-19-9-15(13)18/h5-6,8-9,12,14H,3-4,7,10-11H2,1-2H3,(H,20,21,22). The summed E-state index contributed by atoms with van der Waals surface area (Å²) < 4.78 is 13.8. The highest BCUT2D eigenvalue weighted by Crippen LogP contribution is 2.19. The zero-order valence-corrected chi connectivity index (χ0v) is 14.1. The van der Waals surface area contributed by atoms with Gasteiger partial charge in [-0.1, -0.05) is 0 Å². The first-order chi connectivity index (χ1) is 11.6. The molecule has 1 atom stereocenters. The van der Waals surface area contributed by atoms with Crippen LogP contribution in [0.25, 0.3) is 0 Å². The molecule has 0 radical (unpaired) electrons. The summed E-state index contributed by atoms with van der Waals surface area (Å²) in [6.45, 7) is 2.45. The van der Waals surface area contributed by atoms with E-state index in [1.54, 1.807) is 18.6 Å². The van der Waals surface area contributed by atoms with Crippen LogP contribution in [0.2, 0.25) is 0 Å². The second kappa shape index (κ2) is 7.53. The Hall–Kier alpha value is -2.28. The molecule has 128 valence electrons. The summed E-state index contributed by atoms with van der Waals surface area (Å²) in [5.41, 5.74) is 0.697. The summed E-state index contributed by atoms with van der Waals surface area (Å²) in [7, 11) is 3.91. The van der Waals surface area contributed by atoms with Gasteiger partial charge in [-0.3, -0.25) is 9.88 Å². The van der Waals surface area contributed by atoms with Crippen LogP contribution in [0, 0.1) is 5.82 Å². The Balaban J connectivity index is 1.61. The molecule has 6 nitrogen and oxygen atoms in total. The van der Waals surface area contributed by atoms with E-state index in [1.165, 1.54) is 6.20 Å². The van der Waals surface area contributed by atoms with Crippen molar-refractivity contribution in [1.29, 1.82) is 0 Å². The Kier molecular flexibility index (Phi) is 5.20. The maximum Gasteiger partial charge on any atom is 0.145 e. The van der Waals surface area contributed by atoms with Crippen LogP contribution in [-0.4, -0.2) is 53.1 Å². The summed E-state index contributed by atoms with van der Waals surface area (Å²) in [6.07, 6.45) is 6.65. The van der Waals surface area contributed by atoms with Crippen molar-refractivity contribution in [2.75, 3.05) is 37.4 Å². The Labute approximate surface area is 141 Å². The lowest BCUT2D eigenvalue weighted by molar-refractivity contribution is 0.206. The van der Waals surface area contributed by atoms with E-state index in [1.807, 2.05) is 25.1 Å². The number of rotatable bonds is 5. The number of nitrogens with zero attached hydrogens (tertiary/aromatic N) is 5. The third-order valence-electron chi connectivity index (χ3n) is 4.22. The van der Waals surface area contributed by atoms with E-state index in [9.17, 15) is 4.39 Å². The molecule has 0 bridgehead atoms. The van der Waals surface area contributed by atoms with Crippen LogP contribution < -0.4 is 10.2 Å². The number of likely N-dealkylation sites (tertiary alicyclic amines) is 1. The molecule has 2 aromatic rings. The largest absolute Gasteiger partial charge is 0.366 e. The van der Waals surface area contributed by atoms with Crippen molar-refractivity contribution in [1.82, 2.24) is 19.9 Å². The smallest absolute Gasteiger partial charge is 0.145 e. The van der Waals surface area contributed by atoms with Gasteiger partial charge in [0, 0.05) is 51.1 Å². The minimum absolute atomic E-state index is 0.237. The van der Waals surface area contributed by atoms with Crippen molar-refractivity contribution < 1.29 is 4.39 Å². The zero-order chi connectivity index (χ0) is 16.9. The van der Waals surface area contributed by atoms with E-state index in [0.29, 0.717) is 18.2 Å². The van der Waals surface area contributed by atoms with Gasteiger partial charge in [-0.2, -0.15) is 0 Å². The van der Waals surface area contributed by atoms with Gasteiger partial charge in [0.15, 0.2) is 0 Å². The second-order valence-electron chi connectivity index (χ2n) is 6.34. The van der Waals surface area contributed by atoms with E-state index >= 15 is 0 Å². The first-order valence-electron chi connectivity index (χ1n) is 8.18. The monoisotopic (exact) mass is 330 g/mol. The predicted molar refractivity (Wildman–Crippen MR) is 92.5 cm³/mol. The molecule has 3 heterocycles. The predicted octanol–water partition coefficient (Wildman–Crippen LogP) is 2.15. The first-order valence-corrected chi connectivity index (χ1v) is 8.18.